The summed E-state index contributed by atoms with van der Waals surface area (Å²) in [5.74, 6) is 0. The number of rotatable bonds is 6. The van der Waals surface area contributed by atoms with Crippen LogP contribution in [0.1, 0.15) is 27.8 Å². The van der Waals surface area contributed by atoms with Crippen LogP contribution in [0.15, 0.2) is 105 Å². The molecule has 0 aliphatic carbocycles. The lowest BCUT2D eigenvalue weighted by Gasteiger charge is -2.22. The first kappa shape index (κ1) is 22.4. The first-order chi connectivity index (χ1) is 17.1. The molecule has 0 saturated heterocycles. The van der Waals surface area contributed by atoms with Crippen LogP contribution in [0.5, 0.6) is 0 Å². The molecule has 5 aromatic carbocycles. The number of fused-ring (bicyclic) bond motifs is 2. The van der Waals surface area contributed by atoms with Crippen molar-refractivity contribution in [1.29, 1.82) is 0 Å². The van der Waals surface area contributed by atoms with Crippen LogP contribution in [0.25, 0.3) is 68.1 Å². The Morgan fingerprint density at radius 1 is 0.514 bits per heavy atom. The molecule has 0 spiro atoms. The number of hydrogen-bond donors (Lipinski definition) is 0. The van der Waals surface area contributed by atoms with Gasteiger partial charge in [0.05, 0.1) is 0 Å². The topological polar surface area (TPSA) is 0 Å². The Hall–Kier alpha value is -4.42. The van der Waals surface area contributed by atoms with Crippen molar-refractivity contribution in [2.45, 2.75) is 6.92 Å². The second-order valence-corrected chi connectivity index (χ2v) is 8.76. The van der Waals surface area contributed by atoms with Gasteiger partial charge in [-0.25, -0.2) is 0 Å². The molecule has 0 unspecified atom stereocenters. The van der Waals surface area contributed by atoms with Crippen molar-refractivity contribution in [2.24, 2.45) is 0 Å². The van der Waals surface area contributed by atoms with Crippen molar-refractivity contribution in [3.8, 4) is 22.3 Å². The van der Waals surface area contributed by atoms with Gasteiger partial charge >= 0.3 is 0 Å². The predicted molar refractivity (Wildman–Crippen MR) is 157 cm³/mol. The molecule has 0 N–H and O–H groups in total. The van der Waals surface area contributed by atoms with Crippen LogP contribution < -0.4 is 0 Å². The zero-order valence-corrected chi connectivity index (χ0v) is 20.1. The van der Waals surface area contributed by atoms with Gasteiger partial charge in [0.2, 0.25) is 0 Å². The van der Waals surface area contributed by atoms with E-state index in [4.69, 9.17) is 0 Å². The van der Waals surface area contributed by atoms with Crippen molar-refractivity contribution in [3.63, 3.8) is 0 Å². The van der Waals surface area contributed by atoms with E-state index in [0.29, 0.717) is 0 Å². The third kappa shape index (κ3) is 3.55. The summed E-state index contributed by atoms with van der Waals surface area (Å²) in [7, 11) is 0. The van der Waals surface area contributed by atoms with Crippen molar-refractivity contribution >= 4 is 45.8 Å². The molecule has 0 aliphatic rings. The summed E-state index contributed by atoms with van der Waals surface area (Å²) < 4.78 is 0. The van der Waals surface area contributed by atoms with Crippen LogP contribution in [0.4, 0.5) is 0 Å². The highest BCUT2D eigenvalue weighted by Crippen LogP contribution is 2.45. The summed E-state index contributed by atoms with van der Waals surface area (Å²) in [5.41, 5.74) is 10.1. The van der Waals surface area contributed by atoms with Crippen LogP contribution in [0.2, 0.25) is 0 Å². The summed E-state index contributed by atoms with van der Waals surface area (Å²) in [6.07, 6.45) is 7.78. The average molecular weight is 449 g/mol. The molecule has 0 amide bonds. The molecule has 5 rings (SSSR count). The van der Waals surface area contributed by atoms with Crippen molar-refractivity contribution in [1.82, 2.24) is 0 Å². The third-order valence-corrected chi connectivity index (χ3v) is 6.92. The van der Waals surface area contributed by atoms with Crippen molar-refractivity contribution in [2.75, 3.05) is 0 Å². The van der Waals surface area contributed by atoms with E-state index in [2.05, 4.69) is 112 Å². The maximum atomic E-state index is 4.24. The van der Waals surface area contributed by atoms with Crippen LogP contribution in [0.3, 0.4) is 0 Å². The Bertz CT molecular complexity index is 1660. The molecule has 0 radical (unpaired) electrons. The molecule has 0 aliphatic heterocycles. The van der Waals surface area contributed by atoms with E-state index in [0.717, 1.165) is 33.4 Å². The number of aryl methyl sites for hydroxylation is 1. The summed E-state index contributed by atoms with van der Waals surface area (Å²) in [6, 6.07) is 28.1. The molecule has 0 nitrogen and oxygen atoms in total. The Balaban J connectivity index is 1.96. The van der Waals surface area contributed by atoms with Crippen LogP contribution >= 0.6 is 0 Å². The maximum absolute atomic E-state index is 4.24. The van der Waals surface area contributed by atoms with Gasteiger partial charge in [-0.2, -0.15) is 0 Å². The van der Waals surface area contributed by atoms with Crippen LogP contribution in [-0.2, 0) is 0 Å². The fourth-order valence-corrected chi connectivity index (χ4v) is 5.30. The smallest absolute Gasteiger partial charge is 0.00204 e. The zero-order valence-electron chi connectivity index (χ0n) is 20.1. The lowest BCUT2D eigenvalue weighted by Crippen LogP contribution is -1.99. The Morgan fingerprint density at radius 3 is 1.74 bits per heavy atom. The van der Waals surface area contributed by atoms with E-state index in [1.54, 1.807) is 0 Å². The van der Waals surface area contributed by atoms with E-state index in [-0.39, 0.29) is 0 Å². The number of hydrogen-bond acceptors (Lipinski definition) is 0. The van der Waals surface area contributed by atoms with E-state index in [1.165, 1.54) is 38.2 Å². The fraction of sp³-hybridized carbons (Fsp3) is 0.0286. The SMILES string of the molecule is C=Cc1c(C)ccc(-c2c(C=C)c(C=C)c(-c3ccc4ccccc4c3)c3ccccc23)c1C=C. The van der Waals surface area contributed by atoms with Gasteiger partial charge < -0.3 is 0 Å². The molecule has 0 atom stereocenters. The highest BCUT2D eigenvalue weighted by Gasteiger charge is 2.21. The molecule has 5 aromatic rings. The Labute approximate surface area is 207 Å². The average Bonchev–Trinajstić information content (AvgIpc) is 2.91. The van der Waals surface area contributed by atoms with Gasteiger partial charge in [-0.1, -0.05) is 123 Å². The summed E-state index contributed by atoms with van der Waals surface area (Å²) in [6.45, 7) is 18.8. The van der Waals surface area contributed by atoms with Crippen molar-refractivity contribution in [3.05, 3.63) is 133 Å². The minimum atomic E-state index is 1.07. The molecule has 0 aromatic heterocycles. The van der Waals surface area contributed by atoms with Crippen molar-refractivity contribution < 1.29 is 0 Å². The van der Waals surface area contributed by atoms with Gasteiger partial charge in [0, 0.05) is 0 Å². The minimum absolute atomic E-state index is 1.07. The molecule has 35 heavy (non-hydrogen) atoms. The van der Waals surface area contributed by atoms with Crippen LogP contribution in [-0.4, -0.2) is 0 Å². The molecular weight excluding hydrogens is 420 g/mol. The van der Waals surface area contributed by atoms with Gasteiger partial charge in [0.1, 0.15) is 0 Å². The molecule has 0 fully saturated rings. The van der Waals surface area contributed by atoms with E-state index < -0.39 is 0 Å². The molecular formula is C35H28. The first-order valence-electron chi connectivity index (χ1n) is 11.8. The van der Waals surface area contributed by atoms with Crippen LogP contribution in [0, 0.1) is 6.92 Å². The van der Waals surface area contributed by atoms with E-state index >= 15 is 0 Å². The maximum Gasteiger partial charge on any atom is -0.00204 e. The van der Waals surface area contributed by atoms with E-state index in [1.807, 2.05) is 24.3 Å². The monoisotopic (exact) mass is 448 g/mol. The molecule has 0 saturated carbocycles. The second-order valence-electron chi connectivity index (χ2n) is 8.76. The first-order valence-corrected chi connectivity index (χ1v) is 11.8. The third-order valence-electron chi connectivity index (χ3n) is 6.92. The van der Waals surface area contributed by atoms with Gasteiger partial charge in [-0.05, 0) is 84.6 Å². The lowest BCUT2D eigenvalue weighted by molar-refractivity contribution is 1.42. The minimum Gasteiger partial charge on any atom is -0.0984 e. The quantitative estimate of drug-likeness (QED) is 0.242. The van der Waals surface area contributed by atoms with Gasteiger partial charge in [-0.15, -0.1) is 0 Å². The standard InChI is InChI=1S/C35H28/c1-6-27-23(5)18-21-33(28(27)7-2)35-30(9-4)29(8-3)34(31-16-12-13-17-32(31)35)26-20-19-24-14-10-11-15-25(24)22-26/h6-22H,1-4H2,5H3. The Kier molecular flexibility index (Phi) is 5.81. The predicted octanol–water partition coefficient (Wildman–Crippen LogP) is 10.2. The summed E-state index contributed by atoms with van der Waals surface area (Å²) >= 11 is 0. The van der Waals surface area contributed by atoms with Gasteiger partial charge in [0.25, 0.3) is 0 Å². The largest absolute Gasteiger partial charge is 0.0984 e. The molecule has 0 heteroatoms. The summed E-state index contributed by atoms with van der Waals surface area (Å²) in [4.78, 5) is 0. The molecule has 0 bridgehead atoms. The molecule has 168 valence electrons. The Morgan fingerprint density at radius 2 is 1.09 bits per heavy atom. The highest BCUT2D eigenvalue weighted by atomic mass is 14.2. The zero-order chi connectivity index (χ0) is 24.5. The van der Waals surface area contributed by atoms with Gasteiger partial charge in [-0.3, -0.25) is 0 Å². The second kappa shape index (κ2) is 9.08. The summed E-state index contributed by atoms with van der Waals surface area (Å²) in [5, 5.41) is 4.82. The number of benzene rings is 5. The van der Waals surface area contributed by atoms with E-state index in [9.17, 15) is 0 Å². The highest BCUT2D eigenvalue weighted by molar-refractivity contribution is 6.13. The van der Waals surface area contributed by atoms with Gasteiger partial charge in [0.15, 0.2) is 0 Å². The lowest BCUT2D eigenvalue weighted by atomic mass is 9.81. The normalized spacial score (nSPS) is 10.9. The fourth-order valence-electron chi connectivity index (χ4n) is 5.30. The molecule has 0 heterocycles.